The van der Waals surface area contributed by atoms with Crippen molar-refractivity contribution >= 4 is 27.5 Å². The molecule has 7 heteroatoms. The summed E-state index contributed by atoms with van der Waals surface area (Å²) in [4.78, 5) is 18.3. The lowest BCUT2D eigenvalue weighted by atomic mass is 9.69. The number of nitrogens with one attached hydrogen (secondary N) is 1. The number of aromatic nitrogens is 1. The van der Waals surface area contributed by atoms with Gasteiger partial charge in [-0.2, -0.15) is 0 Å². The smallest absolute Gasteiger partial charge is 0.279 e. The number of ether oxygens (including phenoxy) is 1. The van der Waals surface area contributed by atoms with Crippen LogP contribution in [0.15, 0.2) is 42.5 Å². The van der Waals surface area contributed by atoms with Crippen molar-refractivity contribution in [1.29, 1.82) is 0 Å². The molecule has 2 saturated heterocycles. The fourth-order valence-corrected chi connectivity index (χ4v) is 5.98. The number of rotatable bonds is 6. The standard InChI is InChI=1S/C24H26FN3O2S/c1-14-21-12-17(26-15(2)29)13-22(14)28(21)11-10-16-6-8-18(9-7-16)30-24-27-20-5-3-4-19(25)23(20)31-24/h3-9,14,17,21-22H,10-13H2,1-2H3,(H,26,29)/t14?,17-,21+,22?/m0/s1. The zero-order chi connectivity index (χ0) is 21.5. The first kappa shape index (κ1) is 20.4. The third-order valence-electron chi connectivity index (χ3n) is 6.66. The molecule has 4 atom stereocenters. The lowest BCUT2D eigenvalue weighted by molar-refractivity contribution is -0.124. The molecule has 3 aliphatic rings. The van der Waals surface area contributed by atoms with Gasteiger partial charge in [-0.3, -0.25) is 9.69 Å². The van der Waals surface area contributed by atoms with E-state index in [0.29, 0.717) is 45.2 Å². The van der Waals surface area contributed by atoms with Crippen LogP contribution in [0.5, 0.6) is 10.9 Å². The summed E-state index contributed by atoms with van der Waals surface area (Å²) in [6.07, 6.45) is 3.08. The minimum Gasteiger partial charge on any atom is -0.431 e. The van der Waals surface area contributed by atoms with Gasteiger partial charge in [-0.1, -0.05) is 36.5 Å². The summed E-state index contributed by atoms with van der Waals surface area (Å²) >= 11 is 1.22. The van der Waals surface area contributed by atoms with Gasteiger partial charge in [0.1, 0.15) is 11.6 Å². The van der Waals surface area contributed by atoms with Crippen molar-refractivity contribution in [3.05, 3.63) is 53.8 Å². The van der Waals surface area contributed by atoms with E-state index in [2.05, 4.69) is 34.3 Å². The molecule has 1 saturated carbocycles. The first-order valence-corrected chi connectivity index (χ1v) is 11.6. The molecule has 2 aromatic carbocycles. The van der Waals surface area contributed by atoms with E-state index in [0.717, 1.165) is 25.8 Å². The van der Waals surface area contributed by atoms with E-state index in [1.165, 1.54) is 23.0 Å². The molecule has 3 heterocycles. The van der Waals surface area contributed by atoms with Gasteiger partial charge in [0.2, 0.25) is 5.91 Å². The molecule has 162 valence electrons. The molecule has 2 bridgehead atoms. The summed E-state index contributed by atoms with van der Waals surface area (Å²) < 4.78 is 20.2. The third kappa shape index (κ3) is 4.04. The Morgan fingerprint density at radius 1 is 1.23 bits per heavy atom. The minimum absolute atomic E-state index is 0.0730. The molecular formula is C24H26FN3O2S. The van der Waals surface area contributed by atoms with Crippen LogP contribution in [0.3, 0.4) is 0 Å². The first-order valence-electron chi connectivity index (χ1n) is 10.8. The summed E-state index contributed by atoms with van der Waals surface area (Å²) in [7, 11) is 0. The van der Waals surface area contributed by atoms with Crippen LogP contribution in [-0.2, 0) is 11.2 Å². The number of thiazole rings is 1. The van der Waals surface area contributed by atoms with Gasteiger partial charge < -0.3 is 10.1 Å². The monoisotopic (exact) mass is 439 g/mol. The van der Waals surface area contributed by atoms with Crippen LogP contribution >= 0.6 is 11.3 Å². The van der Waals surface area contributed by atoms with Gasteiger partial charge >= 0.3 is 0 Å². The SMILES string of the molecule is CC(=O)N[C@@H]1CC2C(C)[C@@H](C1)N2CCc1ccc(Oc2nc3cccc(F)c3s2)cc1. The predicted molar refractivity (Wildman–Crippen MR) is 120 cm³/mol. The summed E-state index contributed by atoms with van der Waals surface area (Å²) in [6.45, 7) is 4.96. The van der Waals surface area contributed by atoms with E-state index < -0.39 is 0 Å². The van der Waals surface area contributed by atoms with Crippen LogP contribution in [0.25, 0.3) is 10.2 Å². The minimum atomic E-state index is -0.270. The van der Waals surface area contributed by atoms with Crippen molar-refractivity contribution in [2.75, 3.05) is 6.54 Å². The number of amides is 1. The van der Waals surface area contributed by atoms with E-state index in [9.17, 15) is 9.18 Å². The Labute approximate surface area is 185 Å². The van der Waals surface area contributed by atoms with Gasteiger partial charge in [-0.15, -0.1) is 0 Å². The molecule has 5 nitrogen and oxygen atoms in total. The van der Waals surface area contributed by atoms with Gasteiger partial charge in [0, 0.05) is 31.6 Å². The van der Waals surface area contributed by atoms with Crippen molar-refractivity contribution < 1.29 is 13.9 Å². The number of carbonyl (C=O) groups is 1. The Balaban J connectivity index is 1.17. The molecule has 3 fully saturated rings. The Hall–Kier alpha value is -2.51. The average Bonchev–Trinajstić information content (AvgIpc) is 3.16. The lowest BCUT2D eigenvalue weighted by Crippen LogP contribution is -2.69. The number of fused-ring (bicyclic) bond motifs is 3. The maximum atomic E-state index is 13.9. The second-order valence-corrected chi connectivity index (χ2v) is 9.63. The molecule has 3 aromatic rings. The molecule has 0 spiro atoms. The zero-order valence-corrected chi connectivity index (χ0v) is 18.5. The number of nitrogens with zero attached hydrogens (tertiary/aromatic N) is 2. The van der Waals surface area contributed by atoms with Crippen LogP contribution < -0.4 is 10.1 Å². The van der Waals surface area contributed by atoms with Crippen molar-refractivity contribution in [2.45, 2.75) is 51.2 Å². The Bertz CT molecular complexity index is 1090. The number of piperidine rings is 1. The number of hydrogen-bond acceptors (Lipinski definition) is 5. The maximum absolute atomic E-state index is 13.9. The molecule has 1 N–H and O–H groups in total. The molecule has 1 aliphatic carbocycles. The second-order valence-electron chi connectivity index (χ2n) is 8.66. The molecule has 6 rings (SSSR count). The first-order chi connectivity index (χ1) is 15.0. The lowest BCUT2D eigenvalue weighted by Gasteiger charge is -2.60. The molecule has 1 aromatic heterocycles. The van der Waals surface area contributed by atoms with Gasteiger partial charge in [-0.25, -0.2) is 9.37 Å². The van der Waals surface area contributed by atoms with Crippen LogP contribution in [0.2, 0.25) is 0 Å². The number of halogens is 1. The van der Waals surface area contributed by atoms with Gasteiger partial charge in [0.05, 0.1) is 10.2 Å². The van der Waals surface area contributed by atoms with Crippen LogP contribution in [-0.4, -0.2) is 40.5 Å². The summed E-state index contributed by atoms with van der Waals surface area (Å²) in [5.74, 6) is 1.22. The van der Waals surface area contributed by atoms with E-state index in [1.54, 1.807) is 19.1 Å². The Morgan fingerprint density at radius 3 is 2.65 bits per heavy atom. The highest BCUT2D eigenvalue weighted by atomic mass is 32.1. The molecule has 31 heavy (non-hydrogen) atoms. The van der Waals surface area contributed by atoms with Gasteiger partial charge in [0.15, 0.2) is 0 Å². The quantitative estimate of drug-likeness (QED) is 0.602. The zero-order valence-electron chi connectivity index (χ0n) is 17.7. The van der Waals surface area contributed by atoms with Crippen molar-refractivity contribution in [3.63, 3.8) is 0 Å². The second kappa shape index (κ2) is 8.20. The number of carbonyl (C=O) groups excluding carboxylic acids is 1. The van der Waals surface area contributed by atoms with E-state index >= 15 is 0 Å². The fraction of sp³-hybridized carbons (Fsp3) is 0.417. The Kier molecular flexibility index (Phi) is 5.40. The summed E-state index contributed by atoms with van der Waals surface area (Å²) in [5, 5.41) is 3.54. The van der Waals surface area contributed by atoms with Crippen LogP contribution in [0, 0.1) is 11.7 Å². The number of benzene rings is 2. The van der Waals surface area contributed by atoms with Crippen molar-refractivity contribution in [1.82, 2.24) is 15.2 Å². The molecule has 2 unspecified atom stereocenters. The summed E-state index contributed by atoms with van der Waals surface area (Å²) in [5.41, 5.74) is 1.88. The van der Waals surface area contributed by atoms with E-state index in [-0.39, 0.29) is 11.7 Å². The average molecular weight is 440 g/mol. The molecule has 1 amide bonds. The highest BCUT2D eigenvalue weighted by Gasteiger charge is 2.50. The largest absolute Gasteiger partial charge is 0.431 e. The van der Waals surface area contributed by atoms with Crippen LogP contribution in [0.4, 0.5) is 4.39 Å². The summed E-state index contributed by atoms with van der Waals surface area (Å²) in [6, 6.07) is 14.4. The van der Waals surface area contributed by atoms with E-state index in [1.807, 2.05) is 12.1 Å². The van der Waals surface area contributed by atoms with Gasteiger partial charge in [0.25, 0.3) is 5.19 Å². The topological polar surface area (TPSA) is 54.5 Å². The van der Waals surface area contributed by atoms with Gasteiger partial charge in [-0.05, 0) is 55.0 Å². The predicted octanol–water partition coefficient (Wildman–Crippen LogP) is 4.76. The maximum Gasteiger partial charge on any atom is 0.279 e. The van der Waals surface area contributed by atoms with Crippen LogP contribution in [0.1, 0.15) is 32.3 Å². The van der Waals surface area contributed by atoms with Crippen molar-refractivity contribution in [2.24, 2.45) is 5.92 Å². The Morgan fingerprint density at radius 2 is 1.97 bits per heavy atom. The normalized spacial score (nSPS) is 25.3. The van der Waals surface area contributed by atoms with Crippen molar-refractivity contribution in [3.8, 4) is 10.9 Å². The number of hydrogen-bond donors (Lipinski definition) is 1. The van der Waals surface area contributed by atoms with E-state index in [4.69, 9.17) is 4.74 Å². The molecule has 2 aliphatic heterocycles. The third-order valence-corrected chi connectivity index (χ3v) is 7.62. The highest BCUT2D eigenvalue weighted by Crippen LogP contribution is 2.43. The molecule has 0 radical (unpaired) electrons. The highest BCUT2D eigenvalue weighted by molar-refractivity contribution is 7.20. The fourth-order valence-electron chi connectivity index (χ4n) is 5.14. The molecular weight excluding hydrogens is 413 g/mol.